The van der Waals surface area contributed by atoms with Crippen molar-refractivity contribution in [2.45, 2.75) is 44.6 Å². The van der Waals surface area contributed by atoms with E-state index in [0.29, 0.717) is 18.6 Å². The molecule has 3 rings (SSSR count). The van der Waals surface area contributed by atoms with E-state index in [1.54, 1.807) is 13.2 Å². The van der Waals surface area contributed by atoms with Gasteiger partial charge < -0.3 is 14.7 Å². The summed E-state index contributed by atoms with van der Waals surface area (Å²) in [4.78, 5) is 2.28. The van der Waals surface area contributed by atoms with Crippen LogP contribution in [0, 0.1) is 18.7 Å². The minimum Gasteiger partial charge on any atom is -0.385 e. The quantitative estimate of drug-likeness (QED) is 0.623. The number of rotatable bonds is 8. The molecule has 4 heteroatoms. The number of nitrogens with zero attached hydrogens (tertiary/aromatic N) is 1. The third-order valence-corrected chi connectivity index (χ3v) is 6.24. The summed E-state index contributed by atoms with van der Waals surface area (Å²) >= 11 is 0. The van der Waals surface area contributed by atoms with Crippen LogP contribution in [-0.2, 0) is 10.3 Å². The Hall–Kier alpha value is -1.75. The minimum atomic E-state index is -1.07. The van der Waals surface area contributed by atoms with Gasteiger partial charge in [0.1, 0.15) is 5.82 Å². The number of halogens is 1. The number of benzene rings is 2. The molecule has 1 aliphatic heterocycles. The Morgan fingerprint density at radius 2 is 2.00 bits per heavy atom. The predicted octanol–water partition coefficient (Wildman–Crippen LogP) is 5.15. The monoisotopic (exact) mass is 399 g/mol. The summed E-state index contributed by atoms with van der Waals surface area (Å²) in [6, 6.07) is 13.1. The first-order valence-electron chi connectivity index (χ1n) is 10.7. The van der Waals surface area contributed by atoms with Crippen molar-refractivity contribution in [3.8, 4) is 11.1 Å². The molecule has 29 heavy (non-hydrogen) atoms. The molecule has 2 aromatic carbocycles. The zero-order valence-corrected chi connectivity index (χ0v) is 18.0. The predicted molar refractivity (Wildman–Crippen MR) is 116 cm³/mol. The number of hydrogen-bond donors (Lipinski definition) is 1. The molecule has 1 fully saturated rings. The first-order chi connectivity index (χ1) is 14.0. The topological polar surface area (TPSA) is 32.7 Å². The van der Waals surface area contributed by atoms with E-state index in [-0.39, 0.29) is 11.7 Å². The summed E-state index contributed by atoms with van der Waals surface area (Å²) in [5.74, 6) is -0.193. The molecule has 2 aromatic rings. The fourth-order valence-electron chi connectivity index (χ4n) is 4.73. The van der Waals surface area contributed by atoms with E-state index in [9.17, 15) is 5.11 Å². The molecular formula is C25H34FNO2. The average Bonchev–Trinajstić information content (AvgIpc) is 2.71. The Kier molecular flexibility index (Phi) is 7.44. The summed E-state index contributed by atoms with van der Waals surface area (Å²) < 4.78 is 20.3. The van der Waals surface area contributed by atoms with E-state index >= 15 is 4.39 Å². The van der Waals surface area contributed by atoms with Crippen LogP contribution in [0.1, 0.15) is 43.2 Å². The molecule has 3 nitrogen and oxygen atoms in total. The molecule has 0 saturated carbocycles. The van der Waals surface area contributed by atoms with Gasteiger partial charge in [0.25, 0.3) is 0 Å². The van der Waals surface area contributed by atoms with Gasteiger partial charge in [-0.05, 0) is 69.8 Å². The molecule has 0 spiro atoms. The molecular weight excluding hydrogens is 365 g/mol. The molecule has 1 saturated heterocycles. The van der Waals surface area contributed by atoms with E-state index < -0.39 is 5.60 Å². The second-order valence-corrected chi connectivity index (χ2v) is 8.51. The molecule has 0 aliphatic carbocycles. The molecule has 2 atom stereocenters. The van der Waals surface area contributed by atoms with Gasteiger partial charge >= 0.3 is 0 Å². The maximum atomic E-state index is 15.1. The molecule has 1 heterocycles. The largest absolute Gasteiger partial charge is 0.385 e. The zero-order chi connectivity index (χ0) is 20.9. The van der Waals surface area contributed by atoms with Gasteiger partial charge in [-0.15, -0.1) is 0 Å². The Morgan fingerprint density at radius 3 is 2.72 bits per heavy atom. The van der Waals surface area contributed by atoms with Gasteiger partial charge in [-0.1, -0.05) is 42.0 Å². The number of unbranched alkanes of at least 4 members (excludes halogenated alkanes) is 1. The SMILES string of the molecule is COCCCCC(O)(c1cccc(F)c1-c1cccc(C)c1)C1CCCN(C)C1. The average molecular weight is 400 g/mol. The number of aryl methyl sites for hydroxylation is 1. The van der Waals surface area contributed by atoms with Gasteiger partial charge in [-0.2, -0.15) is 0 Å². The van der Waals surface area contributed by atoms with Gasteiger partial charge in [0.2, 0.25) is 0 Å². The third-order valence-electron chi connectivity index (χ3n) is 6.24. The molecule has 0 bridgehead atoms. The van der Waals surface area contributed by atoms with Crippen LogP contribution in [0.2, 0.25) is 0 Å². The van der Waals surface area contributed by atoms with Crippen molar-refractivity contribution in [1.29, 1.82) is 0 Å². The van der Waals surface area contributed by atoms with Gasteiger partial charge in [0.15, 0.2) is 0 Å². The Morgan fingerprint density at radius 1 is 1.21 bits per heavy atom. The second-order valence-electron chi connectivity index (χ2n) is 8.51. The molecule has 1 N–H and O–H groups in total. The highest BCUT2D eigenvalue weighted by molar-refractivity contribution is 5.70. The van der Waals surface area contributed by atoms with Crippen LogP contribution in [0.5, 0.6) is 0 Å². The summed E-state index contributed by atoms with van der Waals surface area (Å²) in [6.45, 7) is 4.56. The van der Waals surface area contributed by atoms with Crippen LogP contribution in [0.4, 0.5) is 4.39 Å². The Labute approximate surface area is 174 Å². The lowest BCUT2D eigenvalue weighted by atomic mass is 9.72. The summed E-state index contributed by atoms with van der Waals surface area (Å²) in [5, 5.41) is 12.1. The third kappa shape index (κ3) is 5.06. The number of aliphatic hydroxyl groups is 1. The van der Waals surface area contributed by atoms with Crippen LogP contribution >= 0.6 is 0 Å². The fraction of sp³-hybridized carbons (Fsp3) is 0.520. The van der Waals surface area contributed by atoms with Crippen LogP contribution in [0.25, 0.3) is 11.1 Å². The van der Waals surface area contributed by atoms with Gasteiger partial charge in [0.05, 0.1) is 5.60 Å². The van der Waals surface area contributed by atoms with Crippen molar-refractivity contribution >= 4 is 0 Å². The second kappa shape index (κ2) is 9.84. The van der Waals surface area contributed by atoms with Gasteiger partial charge in [-0.3, -0.25) is 0 Å². The number of ether oxygens (including phenoxy) is 1. The maximum Gasteiger partial charge on any atom is 0.131 e. The number of likely N-dealkylation sites (tertiary alicyclic amines) is 1. The van der Waals surface area contributed by atoms with E-state index in [1.807, 2.05) is 37.3 Å². The highest BCUT2D eigenvalue weighted by Crippen LogP contribution is 2.44. The van der Waals surface area contributed by atoms with Gasteiger partial charge in [0, 0.05) is 31.7 Å². The number of methoxy groups -OCH3 is 1. The highest BCUT2D eigenvalue weighted by atomic mass is 19.1. The van der Waals surface area contributed by atoms with Crippen molar-refractivity contribution in [2.24, 2.45) is 5.92 Å². The maximum absolute atomic E-state index is 15.1. The van der Waals surface area contributed by atoms with Crippen molar-refractivity contribution in [3.05, 3.63) is 59.4 Å². The molecule has 0 aromatic heterocycles. The molecule has 0 amide bonds. The standard InChI is InChI=1S/C25H34FNO2/c1-19-9-6-10-20(17-19)24-22(12-7-13-23(24)26)25(28,14-4-5-16-29-3)21-11-8-15-27(2)18-21/h6-7,9-10,12-13,17,21,28H,4-5,8,11,14-16,18H2,1-3H3. The molecule has 0 radical (unpaired) electrons. The lowest BCUT2D eigenvalue weighted by Crippen LogP contribution is -2.45. The Bertz CT molecular complexity index is 809. The lowest BCUT2D eigenvalue weighted by Gasteiger charge is -2.43. The van der Waals surface area contributed by atoms with Crippen molar-refractivity contribution in [3.63, 3.8) is 0 Å². The van der Waals surface area contributed by atoms with Crippen molar-refractivity contribution in [2.75, 3.05) is 33.9 Å². The fourth-order valence-corrected chi connectivity index (χ4v) is 4.73. The lowest BCUT2D eigenvalue weighted by molar-refractivity contribution is -0.0584. The number of piperidine rings is 1. The molecule has 2 unspecified atom stereocenters. The number of hydrogen-bond acceptors (Lipinski definition) is 3. The summed E-state index contributed by atoms with van der Waals surface area (Å²) in [5.41, 5.74) is 2.11. The minimum absolute atomic E-state index is 0.0779. The Balaban J connectivity index is 2.06. The van der Waals surface area contributed by atoms with Crippen LogP contribution < -0.4 is 0 Å². The van der Waals surface area contributed by atoms with Crippen molar-refractivity contribution < 1.29 is 14.2 Å². The van der Waals surface area contributed by atoms with E-state index in [0.717, 1.165) is 55.5 Å². The van der Waals surface area contributed by atoms with Crippen molar-refractivity contribution in [1.82, 2.24) is 4.90 Å². The molecule has 1 aliphatic rings. The summed E-state index contributed by atoms with van der Waals surface area (Å²) in [6.07, 6.45) is 4.34. The zero-order valence-electron chi connectivity index (χ0n) is 18.0. The first kappa shape index (κ1) is 21.9. The molecule has 158 valence electrons. The van der Waals surface area contributed by atoms with E-state index in [1.165, 1.54) is 6.07 Å². The van der Waals surface area contributed by atoms with Crippen LogP contribution in [0.3, 0.4) is 0 Å². The van der Waals surface area contributed by atoms with E-state index in [2.05, 4.69) is 11.9 Å². The van der Waals surface area contributed by atoms with E-state index in [4.69, 9.17) is 4.74 Å². The first-order valence-corrected chi connectivity index (χ1v) is 10.7. The van der Waals surface area contributed by atoms with Gasteiger partial charge in [-0.25, -0.2) is 4.39 Å². The smallest absolute Gasteiger partial charge is 0.131 e. The van der Waals surface area contributed by atoms with Crippen LogP contribution in [-0.4, -0.2) is 43.9 Å². The van der Waals surface area contributed by atoms with Crippen LogP contribution in [0.15, 0.2) is 42.5 Å². The summed E-state index contributed by atoms with van der Waals surface area (Å²) in [7, 11) is 3.80. The highest BCUT2D eigenvalue weighted by Gasteiger charge is 2.41. The normalized spacial score (nSPS) is 19.8.